The van der Waals surface area contributed by atoms with Crippen LogP contribution >= 0.6 is 0 Å². The summed E-state index contributed by atoms with van der Waals surface area (Å²) in [5.41, 5.74) is 0.969. The molecule has 114 valence electrons. The van der Waals surface area contributed by atoms with E-state index in [-0.39, 0.29) is 22.9 Å². The zero-order valence-corrected chi connectivity index (χ0v) is 12.1. The molecule has 0 spiro atoms. The highest BCUT2D eigenvalue weighted by atomic mass is 16.6. The Balaban J connectivity index is 2.12. The molecule has 2 aromatic carbocycles. The van der Waals surface area contributed by atoms with Gasteiger partial charge in [-0.25, -0.2) is 0 Å². The van der Waals surface area contributed by atoms with E-state index in [9.17, 15) is 14.9 Å². The molecule has 0 heterocycles. The maximum Gasteiger partial charge on any atom is 0.311 e. The molecule has 0 aliphatic rings. The van der Waals surface area contributed by atoms with Crippen molar-refractivity contribution in [2.24, 2.45) is 0 Å². The first-order valence-corrected chi connectivity index (χ1v) is 6.85. The maximum atomic E-state index is 12.1. The fourth-order valence-electron chi connectivity index (χ4n) is 1.96. The van der Waals surface area contributed by atoms with Crippen molar-refractivity contribution < 1.29 is 14.5 Å². The van der Waals surface area contributed by atoms with Crippen LogP contribution in [0.2, 0.25) is 0 Å². The minimum atomic E-state index is -0.557. The van der Waals surface area contributed by atoms with E-state index in [2.05, 4.69) is 5.32 Å². The third kappa shape index (κ3) is 3.82. The van der Waals surface area contributed by atoms with Gasteiger partial charge in [-0.05, 0) is 24.6 Å². The first-order chi connectivity index (χ1) is 10.6. The Morgan fingerprint density at radius 2 is 1.95 bits per heavy atom. The number of rotatable bonds is 6. The first kappa shape index (κ1) is 15.5. The monoisotopic (exact) mass is 300 g/mol. The van der Waals surface area contributed by atoms with Crippen molar-refractivity contribution in [1.29, 1.82) is 0 Å². The van der Waals surface area contributed by atoms with Gasteiger partial charge in [0.25, 0.3) is 5.91 Å². The van der Waals surface area contributed by atoms with Crippen LogP contribution in [0.25, 0.3) is 0 Å². The number of nitro groups is 1. The van der Waals surface area contributed by atoms with Crippen LogP contribution < -0.4 is 10.1 Å². The molecule has 22 heavy (non-hydrogen) atoms. The average molecular weight is 300 g/mol. The fourth-order valence-corrected chi connectivity index (χ4v) is 1.96. The van der Waals surface area contributed by atoms with E-state index in [1.165, 1.54) is 18.2 Å². The van der Waals surface area contributed by atoms with Crippen LogP contribution in [0.1, 0.15) is 22.8 Å². The van der Waals surface area contributed by atoms with Crippen molar-refractivity contribution in [2.45, 2.75) is 13.5 Å². The molecular weight excluding hydrogens is 284 g/mol. The average Bonchev–Trinajstić information content (AvgIpc) is 2.54. The molecule has 6 nitrogen and oxygen atoms in total. The molecule has 2 rings (SSSR count). The van der Waals surface area contributed by atoms with Crippen LogP contribution in [-0.4, -0.2) is 17.4 Å². The Bertz CT molecular complexity index is 671. The number of carbonyl (C=O) groups is 1. The van der Waals surface area contributed by atoms with E-state index < -0.39 is 4.92 Å². The van der Waals surface area contributed by atoms with Crippen molar-refractivity contribution in [3.05, 3.63) is 69.8 Å². The van der Waals surface area contributed by atoms with Gasteiger partial charge in [0.1, 0.15) is 0 Å². The topological polar surface area (TPSA) is 81.5 Å². The summed E-state index contributed by atoms with van der Waals surface area (Å²) in [7, 11) is 0. The van der Waals surface area contributed by atoms with Crippen LogP contribution in [0, 0.1) is 10.1 Å². The molecule has 0 bridgehead atoms. The Hall–Kier alpha value is -2.89. The Morgan fingerprint density at radius 3 is 2.59 bits per heavy atom. The van der Waals surface area contributed by atoms with E-state index in [4.69, 9.17) is 4.74 Å². The highest BCUT2D eigenvalue weighted by molar-refractivity contribution is 5.95. The van der Waals surface area contributed by atoms with Gasteiger partial charge in [0.05, 0.1) is 11.5 Å². The van der Waals surface area contributed by atoms with Gasteiger partial charge in [-0.3, -0.25) is 14.9 Å². The summed E-state index contributed by atoms with van der Waals surface area (Å²) >= 11 is 0. The quantitative estimate of drug-likeness (QED) is 0.657. The largest absolute Gasteiger partial charge is 0.487 e. The summed E-state index contributed by atoms with van der Waals surface area (Å²) < 4.78 is 5.19. The zero-order valence-electron chi connectivity index (χ0n) is 12.1. The SMILES string of the molecule is CCOc1ccc(C(=O)NCc2ccccc2)cc1[N+](=O)[O-]. The third-order valence-electron chi connectivity index (χ3n) is 3.01. The van der Waals surface area contributed by atoms with Gasteiger partial charge in [0.15, 0.2) is 5.75 Å². The number of hydrogen-bond donors (Lipinski definition) is 1. The second kappa shape index (κ2) is 7.21. The Morgan fingerprint density at radius 1 is 1.23 bits per heavy atom. The van der Waals surface area contributed by atoms with Gasteiger partial charge < -0.3 is 10.1 Å². The zero-order chi connectivity index (χ0) is 15.9. The van der Waals surface area contributed by atoms with Crippen molar-refractivity contribution in [1.82, 2.24) is 5.32 Å². The lowest BCUT2D eigenvalue weighted by molar-refractivity contribution is -0.385. The molecule has 0 saturated heterocycles. The molecule has 0 fully saturated rings. The lowest BCUT2D eigenvalue weighted by Crippen LogP contribution is -2.22. The van der Waals surface area contributed by atoms with Gasteiger partial charge in [-0.1, -0.05) is 30.3 Å². The van der Waals surface area contributed by atoms with Crippen LogP contribution in [0.15, 0.2) is 48.5 Å². The van der Waals surface area contributed by atoms with Crippen molar-refractivity contribution >= 4 is 11.6 Å². The van der Waals surface area contributed by atoms with Crippen LogP contribution in [-0.2, 0) is 6.54 Å². The number of nitro benzene ring substituents is 1. The molecule has 0 aromatic heterocycles. The molecule has 0 radical (unpaired) electrons. The molecule has 2 aromatic rings. The molecule has 0 atom stereocenters. The van der Waals surface area contributed by atoms with E-state index >= 15 is 0 Å². The summed E-state index contributed by atoms with van der Waals surface area (Å²) in [5, 5.41) is 13.8. The van der Waals surface area contributed by atoms with Gasteiger partial charge in [0.2, 0.25) is 0 Å². The second-order valence-corrected chi connectivity index (χ2v) is 4.54. The minimum absolute atomic E-state index is 0.159. The van der Waals surface area contributed by atoms with Gasteiger partial charge in [-0.15, -0.1) is 0 Å². The minimum Gasteiger partial charge on any atom is -0.487 e. The fraction of sp³-hybridized carbons (Fsp3) is 0.188. The van der Waals surface area contributed by atoms with Crippen molar-refractivity contribution in [2.75, 3.05) is 6.61 Å². The van der Waals surface area contributed by atoms with Gasteiger partial charge >= 0.3 is 5.69 Å². The third-order valence-corrected chi connectivity index (χ3v) is 3.01. The highest BCUT2D eigenvalue weighted by Gasteiger charge is 2.18. The molecule has 1 N–H and O–H groups in total. The normalized spacial score (nSPS) is 10.0. The maximum absolute atomic E-state index is 12.1. The molecule has 6 heteroatoms. The number of amides is 1. The van der Waals surface area contributed by atoms with E-state index in [0.29, 0.717) is 13.2 Å². The number of ether oxygens (including phenoxy) is 1. The predicted molar refractivity (Wildman–Crippen MR) is 81.9 cm³/mol. The lowest BCUT2D eigenvalue weighted by atomic mass is 10.1. The Labute approximate surface area is 127 Å². The van der Waals surface area contributed by atoms with E-state index in [1.54, 1.807) is 6.92 Å². The number of nitrogens with zero attached hydrogens (tertiary/aromatic N) is 1. The summed E-state index contributed by atoms with van der Waals surface area (Å²) in [6.07, 6.45) is 0. The summed E-state index contributed by atoms with van der Waals surface area (Å²) in [4.78, 5) is 22.6. The molecule has 0 saturated carbocycles. The number of nitrogens with one attached hydrogen (secondary N) is 1. The van der Waals surface area contributed by atoms with Crippen LogP contribution in [0.4, 0.5) is 5.69 Å². The second-order valence-electron chi connectivity index (χ2n) is 4.54. The summed E-state index contributed by atoms with van der Waals surface area (Å²) in [6.45, 7) is 2.42. The van der Waals surface area contributed by atoms with Crippen molar-refractivity contribution in [3.63, 3.8) is 0 Å². The van der Waals surface area contributed by atoms with Gasteiger partial charge in [0, 0.05) is 18.2 Å². The highest BCUT2D eigenvalue weighted by Crippen LogP contribution is 2.27. The first-order valence-electron chi connectivity index (χ1n) is 6.85. The van der Waals surface area contributed by atoms with Gasteiger partial charge in [-0.2, -0.15) is 0 Å². The van der Waals surface area contributed by atoms with Crippen molar-refractivity contribution in [3.8, 4) is 5.75 Å². The molecule has 0 unspecified atom stereocenters. The smallest absolute Gasteiger partial charge is 0.311 e. The predicted octanol–water partition coefficient (Wildman–Crippen LogP) is 2.92. The molecule has 0 aliphatic carbocycles. The molecule has 0 aliphatic heterocycles. The summed E-state index contributed by atoms with van der Waals surface area (Å²) in [6, 6.07) is 13.6. The van der Waals surface area contributed by atoms with Crippen LogP contribution in [0.3, 0.4) is 0 Å². The molecule has 1 amide bonds. The number of benzene rings is 2. The number of carbonyl (C=O) groups excluding carboxylic acids is 1. The number of hydrogen-bond acceptors (Lipinski definition) is 4. The van der Waals surface area contributed by atoms with Crippen LogP contribution in [0.5, 0.6) is 5.75 Å². The Kier molecular flexibility index (Phi) is 5.08. The lowest BCUT2D eigenvalue weighted by Gasteiger charge is -2.08. The van der Waals surface area contributed by atoms with E-state index in [0.717, 1.165) is 5.56 Å². The van der Waals surface area contributed by atoms with E-state index in [1.807, 2.05) is 30.3 Å². The molecular formula is C16H16N2O4. The summed E-state index contributed by atoms with van der Waals surface area (Å²) in [5.74, 6) is -0.206. The standard InChI is InChI=1S/C16H16N2O4/c1-2-22-15-9-8-13(10-14(15)18(20)21)16(19)17-11-12-6-4-3-5-7-12/h3-10H,2,11H2,1H3,(H,17,19).